The molecule has 0 aromatic carbocycles. The minimum atomic E-state index is 0.241. The zero-order chi connectivity index (χ0) is 11.5. The van der Waals surface area contributed by atoms with Crippen molar-refractivity contribution >= 4 is 11.6 Å². The number of rotatable bonds is 2. The average Bonchev–Trinajstić information content (AvgIpc) is 2.26. The van der Waals surface area contributed by atoms with Crippen molar-refractivity contribution in [2.24, 2.45) is 0 Å². The van der Waals surface area contributed by atoms with Gasteiger partial charge in [0.05, 0.1) is 0 Å². The summed E-state index contributed by atoms with van der Waals surface area (Å²) >= 11 is 0. The SMILES string of the molecule is CC1=C(CC2=CCCCC2=O)C(=O)CCC1. The van der Waals surface area contributed by atoms with Crippen LogP contribution in [0.25, 0.3) is 0 Å². The van der Waals surface area contributed by atoms with E-state index in [4.69, 9.17) is 0 Å². The third kappa shape index (κ3) is 2.31. The molecule has 2 nitrogen and oxygen atoms in total. The Kier molecular flexibility index (Phi) is 3.37. The van der Waals surface area contributed by atoms with Gasteiger partial charge in [-0.2, -0.15) is 0 Å². The van der Waals surface area contributed by atoms with Crippen molar-refractivity contribution in [3.8, 4) is 0 Å². The second-order valence-corrected chi connectivity index (χ2v) is 4.76. The number of Topliss-reactive ketones (excluding diaryl/α,β-unsaturated/α-hetero) is 2. The van der Waals surface area contributed by atoms with Gasteiger partial charge in [-0.1, -0.05) is 11.6 Å². The van der Waals surface area contributed by atoms with E-state index in [9.17, 15) is 9.59 Å². The van der Waals surface area contributed by atoms with E-state index in [2.05, 4.69) is 0 Å². The van der Waals surface area contributed by atoms with Crippen LogP contribution in [0.5, 0.6) is 0 Å². The largest absolute Gasteiger partial charge is 0.295 e. The first kappa shape index (κ1) is 11.3. The first-order chi connectivity index (χ1) is 7.68. The van der Waals surface area contributed by atoms with Crippen molar-refractivity contribution in [2.45, 2.75) is 51.9 Å². The zero-order valence-corrected chi connectivity index (χ0v) is 9.84. The molecule has 16 heavy (non-hydrogen) atoms. The lowest BCUT2D eigenvalue weighted by molar-refractivity contribution is -0.116. The Labute approximate surface area is 96.4 Å². The smallest absolute Gasteiger partial charge is 0.159 e. The monoisotopic (exact) mass is 218 g/mol. The molecule has 0 fully saturated rings. The molecule has 0 amide bonds. The number of allylic oxidation sites excluding steroid dienone is 4. The summed E-state index contributed by atoms with van der Waals surface area (Å²) in [6.07, 6.45) is 7.87. The van der Waals surface area contributed by atoms with Crippen molar-refractivity contribution in [3.63, 3.8) is 0 Å². The maximum Gasteiger partial charge on any atom is 0.159 e. The summed E-state index contributed by atoms with van der Waals surface area (Å²) < 4.78 is 0. The van der Waals surface area contributed by atoms with Gasteiger partial charge in [0.2, 0.25) is 0 Å². The molecule has 0 heterocycles. The summed E-state index contributed by atoms with van der Waals surface area (Å²) in [6, 6.07) is 0. The van der Waals surface area contributed by atoms with E-state index in [-0.39, 0.29) is 11.6 Å². The summed E-state index contributed by atoms with van der Waals surface area (Å²) in [5.74, 6) is 0.493. The Morgan fingerprint density at radius 2 is 1.81 bits per heavy atom. The highest BCUT2D eigenvalue weighted by Crippen LogP contribution is 2.28. The van der Waals surface area contributed by atoms with Crippen molar-refractivity contribution in [1.82, 2.24) is 0 Å². The molecule has 0 aliphatic heterocycles. The molecule has 0 spiro atoms. The van der Waals surface area contributed by atoms with Gasteiger partial charge in [-0.3, -0.25) is 9.59 Å². The van der Waals surface area contributed by atoms with Crippen molar-refractivity contribution < 1.29 is 9.59 Å². The van der Waals surface area contributed by atoms with E-state index in [1.807, 2.05) is 13.0 Å². The number of hydrogen-bond acceptors (Lipinski definition) is 2. The summed E-state index contributed by atoms with van der Waals surface area (Å²) in [4.78, 5) is 23.5. The van der Waals surface area contributed by atoms with Crippen LogP contribution in [0.4, 0.5) is 0 Å². The fourth-order valence-corrected chi connectivity index (χ4v) is 2.48. The Balaban J connectivity index is 2.17. The molecule has 0 aromatic rings. The summed E-state index contributed by atoms with van der Waals surface area (Å²) in [5.41, 5.74) is 2.97. The van der Waals surface area contributed by atoms with Crippen LogP contribution in [0, 0.1) is 0 Å². The van der Waals surface area contributed by atoms with Gasteiger partial charge in [0, 0.05) is 19.3 Å². The van der Waals surface area contributed by atoms with Crippen LogP contribution >= 0.6 is 0 Å². The van der Waals surface area contributed by atoms with E-state index < -0.39 is 0 Å². The van der Waals surface area contributed by atoms with Crippen LogP contribution in [-0.2, 0) is 9.59 Å². The fourth-order valence-electron chi connectivity index (χ4n) is 2.48. The normalized spacial score (nSPS) is 22.4. The van der Waals surface area contributed by atoms with Crippen molar-refractivity contribution in [2.75, 3.05) is 0 Å². The predicted octanol–water partition coefficient (Wildman–Crippen LogP) is 3.13. The lowest BCUT2D eigenvalue weighted by atomic mass is 9.84. The summed E-state index contributed by atoms with van der Waals surface area (Å²) in [6.45, 7) is 2.03. The van der Waals surface area contributed by atoms with Crippen LogP contribution in [0.15, 0.2) is 22.8 Å². The zero-order valence-electron chi connectivity index (χ0n) is 9.84. The number of carbonyl (C=O) groups excluding carboxylic acids is 2. The third-order valence-electron chi connectivity index (χ3n) is 3.53. The van der Waals surface area contributed by atoms with Gasteiger partial charge in [-0.25, -0.2) is 0 Å². The maximum atomic E-state index is 11.8. The Hall–Kier alpha value is -1.18. The van der Waals surface area contributed by atoms with Crippen LogP contribution in [-0.4, -0.2) is 11.6 Å². The Morgan fingerprint density at radius 3 is 2.50 bits per heavy atom. The second kappa shape index (κ2) is 4.77. The van der Waals surface area contributed by atoms with E-state index in [0.717, 1.165) is 36.8 Å². The van der Waals surface area contributed by atoms with E-state index >= 15 is 0 Å². The number of hydrogen-bond donors (Lipinski definition) is 0. The molecule has 0 N–H and O–H groups in total. The molecule has 0 atom stereocenters. The fraction of sp³-hybridized carbons (Fsp3) is 0.571. The lowest BCUT2D eigenvalue weighted by Crippen LogP contribution is -2.15. The van der Waals surface area contributed by atoms with Crippen molar-refractivity contribution in [3.05, 3.63) is 22.8 Å². The molecule has 2 aliphatic carbocycles. The highest BCUT2D eigenvalue weighted by Gasteiger charge is 2.22. The molecule has 2 aliphatic rings. The molecule has 0 bridgehead atoms. The van der Waals surface area contributed by atoms with Gasteiger partial charge in [0.25, 0.3) is 0 Å². The molecular formula is C14H18O2. The van der Waals surface area contributed by atoms with Gasteiger partial charge in [-0.05, 0) is 43.8 Å². The Bertz CT molecular complexity index is 386. The predicted molar refractivity (Wildman–Crippen MR) is 63.1 cm³/mol. The van der Waals surface area contributed by atoms with Gasteiger partial charge in [-0.15, -0.1) is 0 Å². The number of ketones is 2. The molecule has 0 saturated carbocycles. The molecule has 0 saturated heterocycles. The molecule has 0 aromatic heterocycles. The van der Waals surface area contributed by atoms with Crippen LogP contribution in [0.2, 0.25) is 0 Å². The highest BCUT2D eigenvalue weighted by atomic mass is 16.1. The van der Waals surface area contributed by atoms with E-state index in [1.165, 1.54) is 5.57 Å². The van der Waals surface area contributed by atoms with Crippen LogP contribution < -0.4 is 0 Å². The van der Waals surface area contributed by atoms with Gasteiger partial charge in [0.1, 0.15) is 0 Å². The topological polar surface area (TPSA) is 34.1 Å². The molecule has 0 unspecified atom stereocenters. The quantitative estimate of drug-likeness (QED) is 0.713. The molecule has 2 heteroatoms. The lowest BCUT2D eigenvalue weighted by Gasteiger charge is -2.19. The average molecular weight is 218 g/mol. The molecule has 2 rings (SSSR count). The van der Waals surface area contributed by atoms with Gasteiger partial charge >= 0.3 is 0 Å². The number of carbonyl (C=O) groups is 2. The van der Waals surface area contributed by atoms with Gasteiger partial charge in [0.15, 0.2) is 11.6 Å². The van der Waals surface area contributed by atoms with Crippen LogP contribution in [0.3, 0.4) is 0 Å². The molecular weight excluding hydrogens is 200 g/mol. The summed E-state index contributed by atoms with van der Waals surface area (Å²) in [7, 11) is 0. The van der Waals surface area contributed by atoms with E-state index in [0.29, 0.717) is 19.3 Å². The first-order valence-corrected chi connectivity index (χ1v) is 6.12. The first-order valence-electron chi connectivity index (χ1n) is 6.12. The van der Waals surface area contributed by atoms with Crippen molar-refractivity contribution in [1.29, 1.82) is 0 Å². The second-order valence-electron chi connectivity index (χ2n) is 4.76. The minimum absolute atomic E-state index is 0.241. The highest BCUT2D eigenvalue weighted by molar-refractivity contribution is 6.02. The molecule has 0 radical (unpaired) electrons. The third-order valence-corrected chi connectivity index (χ3v) is 3.53. The standard InChI is InChI=1S/C14H18O2/c1-10-5-4-8-14(16)12(10)9-11-6-2-3-7-13(11)15/h6H,2-5,7-9H2,1H3. The minimum Gasteiger partial charge on any atom is -0.295 e. The summed E-state index contributed by atoms with van der Waals surface area (Å²) in [5, 5.41) is 0. The maximum absolute atomic E-state index is 11.8. The molecule has 86 valence electrons. The van der Waals surface area contributed by atoms with Gasteiger partial charge < -0.3 is 0 Å². The Morgan fingerprint density at radius 1 is 1.06 bits per heavy atom. The van der Waals surface area contributed by atoms with E-state index in [1.54, 1.807) is 0 Å². The van der Waals surface area contributed by atoms with Crippen LogP contribution in [0.1, 0.15) is 51.9 Å².